The van der Waals surface area contributed by atoms with Crippen molar-refractivity contribution in [2.24, 2.45) is 0 Å². The van der Waals surface area contributed by atoms with Gasteiger partial charge in [-0.1, -0.05) is 29.3 Å². The van der Waals surface area contributed by atoms with Gasteiger partial charge in [0.25, 0.3) is 0 Å². The van der Waals surface area contributed by atoms with Gasteiger partial charge in [0.15, 0.2) is 0 Å². The van der Waals surface area contributed by atoms with Gasteiger partial charge in [0.2, 0.25) is 10.0 Å². The highest BCUT2D eigenvalue weighted by molar-refractivity contribution is 7.89. The van der Waals surface area contributed by atoms with Gasteiger partial charge in [-0.2, -0.15) is 0 Å². The van der Waals surface area contributed by atoms with Gasteiger partial charge in [0, 0.05) is 19.6 Å². The fourth-order valence-electron chi connectivity index (χ4n) is 1.35. The molecule has 1 rings (SSSR count). The summed E-state index contributed by atoms with van der Waals surface area (Å²) in [5.41, 5.74) is 0. The molecule has 1 aromatic rings. The van der Waals surface area contributed by atoms with Gasteiger partial charge in [-0.3, -0.25) is 0 Å². The molecule has 0 spiro atoms. The average Bonchev–Trinajstić information content (AvgIpc) is 2.31. The maximum Gasteiger partial charge on any atom is 0.242 e. The van der Waals surface area contributed by atoms with Crippen LogP contribution in [0.2, 0.25) is 10.0 Å². The van der Waals surface area contributed by atoms with E-state index in [-0.39, 0.29) is 21.5 Å². The smallest absolute Gasteiger partial charge is 0.242 e. The Morgan fingerprint density at radius 1 is 1.32 bits per heavy atom. The highest BCUT2D eigenvalue weighted by atomic mass is 35.5. The van der Waals surface area contributed by atoms with E-state index in [1.165, 1.54) is 18.2 Å². The maximum atomic E-state index is 12.0. The van der Waals surface area contributed by atoms with Crippen molar-refractivity contribution in [3.05, 3.63) is 28.2 Å². The van der Waals surface area contributed by atoms with Crippen molar-refractivity contribution in [1.29, 1.82) is 0 Å². The zero-order chi connectivity index (χ0) is 14.5. The average molecular weight is 327 g/mol. The molecule has 0 heterocycles. The molecule has 0 aliphatic carbocycles. The van der Waals surface area contributed by atoms with Crippen LogP contribution in [0.3, 0.4) is 0 Å². The zero-order valence-corrected chi connectivity index (χ0v) is 12.7. The third-order valence-electron chi connectivity index (χ3n) is 2.24. The van der Waals surface area contributed by atoms with E-state index in [4.69, 9.17) is 28.3 Å². The number of sulfonamides is 1. The fourth-order valence-corrected chi connectivity index (χ4v) is 3.15. The molecule has 5 nitrogen and oxygen atoms in total. The van der Waals surface area contributed by atoms with E-state index in [2.05, 4.69) is 10.0 Å². The molecule has 1 atom stereocenters. The number of nitrogens with one attached hydrogen (secondary N) is 2. The highest BCUT2D eigenvalue weighted by Crippen LogP contribution is 2.28. The van der Waals surface area contributed by atoms with E-state index < -0.39 is 16.1 Å². The number of benzene rings is 1. The van der Waals surface area contributed by atoms with E-state index in [9.17, 15) is 8.42 Å². The first-order valence-corrected chi connectivity index (χ1v) is 7.91. The summed E-state index contributed by atoms with van der Waals surface area (Å²) in [6.07, 6.45) is -0.473. The van der Waals surface area contributed by atoms with Crippen LogP contribution in [-0.2, 0) is 10.0 Å². The normalized spacial score (nSPS) is 13.5. The van der Waals surface area contributed by atoms with Crippen LogP contribution in [-0.4, -0.2) is 39.3 Å². The predicted octanol–water partition coefficient (Wildman–Crippen LogP) is 1.24. The molecule has 108 valence electrons. The highest BCUT2D eigenvalue weighted by Gasteiger charge is 2.18. The van der Waals surface area contributed by atoms with Crippen LogP contribution in [0.1, 0.15) is 6.92 Å². The molecule has 0 saturated heterocycles. The Hall–Kier alpha value is -0.370. The first-order chi connectivity index (χ1) is 8.84. The van der Waals surface area contributed by atoms with E-state index in [1.807, 2.05) is 0 Å². The van der Waals surface area contributed by atoms with Gasteiger partial charge >= 0.3 is 0 Å². The minimum absolute atomic E-state index is 0.00797. The van der Waals surface area contributed by atoms with Crippen LogP contribution in [0, 0.1) is 0 Å². The van der Waals surface area contributed by atoms with Crippen LogP contribution >= 0.6 is 23.2 Å². The Morgan fingerprint density at radius 3 is 2.63 bits per heavy atom. The predicted molar refractivity (Wildman–Crippen MR) is 76.2 cm³/mol. The topological polar surface area (TPSA) is 78.4 Å². The van der Waals surface area contributed by atoms with Crippen molar-refractivity contribution in [2.45, 2.75) is 17.9 Å². The molecule has 0 radical (unpaired) electrons. The van der Waals surface area contributed by atoms with Crippen LogP contribution < -0.4 is 10.0 Å². The molecule has 19 heavy (non-hydrogen) atoms. The molecule has 1 aromatic carbocycles. The molecule has 3 N–H and O–H groups in total. The molecule has 0 aliphatic heterocycles. The number of rotatable bonds is 7. The second-order valence-electron chi connectivity index (χ2n) is 4.00. The lowest BCUT2D eigenvalue weighted by atomic mass is 10.4. The lowest BCUT2D eigenvalue weighted by Crippen LogP contribution is -2.34. The third kappa shape index (κ3) is 5.25. The second kappa shape index (κ2) is 7.42. The number of aliphatic hydroxyl groups is 1. The minimum Gasteiger partial charge on any atom is -0.392 e. The van der Waals surface area contributed by atoms with Gasteiger partial charge in [-0.05, 0) is 19.1 Å². The summed E-state index contributed by atoms with van der Waals surface area (Å²) < 4.78 is 26.3. The molecular weight excluding hydrogens is 311 g/mol. The van der Waals surface area contributed by atoms with Crippen LogP contribution in [0.5, 0.6) is 0 Å². The third-order valence-corrected chi connectivity index (χ3v) is 4.67. The first-order valence-electron chi connectivity index (χ1n) is 5.67. The maximum absolute atomic E-state index is 12.0. The second-order valence-corrected chi connectivity index (χ2v) is 6.52. The molecule has 0 fully saturated rings. The Kier molecular flexibility index (Phi) is 6.52. The van der Waals surface area contributed by atoms with E-state index in [0.29, 0.717) is 13.1 Å². The van der Waals surface area contributed by atoms with Crippen LogP contribution in [0.25, 0.3) is 0 Å². The summed E-state index contributed by atoms with van der Waals surface area (Å²) in [7, 11) is -3.68. The number of hydrogen-bond acceptors (Lipinski definition) is 4. The summed E-state index contributed by atoms with van der Waals surface area (Å²) in [6, 6.07) is 4.43. The van der Waals surface area contributed by atoms with Crippen molar-refractivity contribution in [2.75, 3.05) is 19.6 Å². The Morgan fingerprint density at radius 2 is 2.00 bits per heavy atom. The first kappa shape index (κ1) is 16.7. The van der Waals surface area contributed by atoms with Crippen molar-refractivity contribution >= 4 is 33.2 Å². The van der Waals surface area contributed by atoms with Crippen molar-refractivity contribution in [3.63, 3.8) is 0 Å². The van der Waals surface area contributed by atoms with Gasteiger partial charge in [0.05, 0.1) is 16.1 Å². The zero-order valence-electron chi connectivity index (χ0n) is 10.4. The van der Waals surface area contributed by atoms with E-state index >= 15 is 0 Å². The minimum atomic E-state index is -3.68. The lowest BCUT2D eigenvalue weighted by Gasteiger charge is -2.10. The van der Waals surface area contributed by atoms with Crippen LogP contribution in [0.15, 0.2) is 23.1 Å². The van der Waals surface area contributed by atoms with Crippen molar-refractivity contribution in [3.8, 4) is 0 Å². The largest absolute Gasteiger partial charge is 0.392 e. The molecule has 0 aromatic heterocycles. The molecule has 0 saturated carbocycles. The summed E-state index contributed by atoms with van der Waals surface area (Å²) in [5.74, 6) is 0. The fraction of sp³-hybridized carbons (Fsp3) is 0.455. The summed E-state index contributed by atoms with van der Waals surface area (Å²) in [5, 5.41) is 12.1. The number of halogens is 2. The Bertz CT molecular complexity index is 521. The summed E-state index contributed by atoms with van der Waals surface area (Å²) >= 11 is 11.6. The summed E-state index contributed by atoms with van der Waals surface area (Å²) in [6.45, 7) is 2.64. The van der Waals surface area contributed by atoms with E-state index in [1.54, 1.807) is 6.92 Å². The number of aliphatic hydroxyl groups excluding tert-OH is 1. The molecule has 1 unspecified atom stereocenters. The molecule has 0 amide bonds. The quantitative estimate of drug-likeness (QED) is 0.659. The van der Waals surface area contributed by atoms with E-state index in [0.717, 1.165) is 0 Å². The monoisotopic (exact) mass is 326 g/mol. The standard InChI is InChI=1S/C11H16Cl2N2O3S/c1-8(16)7-14-5-6-15-19(17,18)10-4-2-3-9(12)11(10)13/h2-4,8,14-16H,5-7H2,1H3. The Labute approximate surface area is 123 Å². The van der Waals surface area contributed by atoms with Gasteiger partial charge < -0.3 is 10.4 Å². The van der Waals surface area contributed by atoms with Crippen molar-refractivity contribution < 1.29 is 13.5 Å². The van der Waals surface area contributed by atoms with Gasteiger partial charge in [-0.25, -0.2) is 13.1 Å². The molecule has 0 bridgehead atoms. The SMILES string of the molecule is CC(O)CNCCNS(=O)(=O)c1cccc(Cl)c1Cl. The van der Waals surface area contributed by atoms with Gasteiger partial charge in [0.1, 0.15) is 4.90 Å². The molecule has 8 heteroatoms. The Balaban J connectivity index is 2.59. The number of hydrogen-bond donors (Lipinski definition) is 3. The molecule has 0 aliphatic rings. The van der Waals surface area contributed by atoms with Crippen molar-refractivity contribution in [1.82, 2.24) is 10.0 Å². The summed E-state index contributed by atoms with van der Waals surface area (Å²) in [4.78, 5) is -0.0443. The molecular formula is C11H16Cl2N2O3S. The lowest BCUT2D eigenvalue weighted by molar-refractivity contribution is 0.192. The van der Waals surface area contributed by atoms with Crippen LogP contribution in [0.4, 0.5) is 0 Å². The van der Waals surface area contributed by atoms with Gasteiger partial charge in [-0.15, -0.1) is 0 Å².